The van der Waals surface area contributed by atoms with Crippen molar-refractivity contribution in [3.63, 3.8) is 0 Å². The number of rotatable bonds is 3. The van der Waals surface area contributed by atoms with Crippen LogP contribution in [0.25, 0.3) is 76.1 Å². The van der Waals surface area contributed by atoms with E-state index in [1.807, 2.05) is 0 Å². The van der Waals surface area contributed by atoms with Crippen molar-refractivity contribution in [3.8, 4) is 22.3 Å². The molecule has 12 rings (SSSR count). The second-order valence-corrected chi connectivity index (χ2v) is 18.0. The van der Waals surface area contributed by atoms with E-state index in [4.69, 9.17) is 0 Å². The van der Waals surface area contributed by atoms with Gasteiger partial charge in [-0.25, -0.2) is 0 Å². The van der Waals surface area contributed by atoms with Crippen molar-refractivity contribution in [3.05, 3.63) is 222 Å². The maximum atomic E-state index is 2.51. The van der Waals surface area contributed by atoms with Gasteiger partial charge in [0.15, 0.2) is 0 Å². The van der Waals surface area contributed by atoms with Crippen LogP contribution in [0.1, 0.15) is 49.9 Å². The lowest BCUT2D eigenvalue weighted by Gasteiger charge is -2.30. The molecule has 0 unspecified atom stereocenters. The molecule has 0 amide bonds. The minimum Gasteiger partial charge on any atom is -0.310 e. The Morgan fingerprint density at radius 2 is 0.525 bits per heavy atom. The summed E-state index contributed by atoms with van der Waals surface area (Å²) in [5, 5.41) is 12.3. The highest BCUT2D eigenvalue weighted by Crippen LogP contribution is 2.53. The maximum Gasteiger partial charge on any atom is 0.0468 e. The summed E-state index contributed by atoms with van der Waals surface area (Å²) in [6.45, 7) is 9.51. The summed E-state index contributed by atoms with van der Waals surface area (Å²) in [6, 6.07) is 75.2. The van der Waals surface area contributed by atoms with Crippen molar-refractivity contribution in [2.45, 2.75) is 38.5 Å². The van der Waals surface area contributed by atoms with E-state index in [1.54, 1.807) is 0 Å². The number of hydrogen-bond donors (Lipinski definition) is 0. The van der Waals surface area contributed by atoms with Gasteiger partial charge in [0.2, 0.25) is 0 Å². The SMILES string of the molecule is CC1(C)c2ccccc2-c2ccc(N(c3ccc4c(c3)C(C)(C)c3ccccc3-4)c3ccc4c5ccccc5c5ccccc5c5ccccc5c5ccccc5c4c3)cc21. The molecule has 10 aromatic carbocycles. The Bertz CT molecular complexity index is 3370. The monoisotopic (exact) mass is 779 g/mol. The molecule has 0 radical (unpaired) electrons. The van der Waals surface area contributed by atoms with Crippen molar-refractivity contribution in [2.24, 2.45) is 0 Å². The van der Waals surface area contributed by atoms with Crippen LogP contribution in [0.5, 0.6) is 0 Å². The molecule has 0 aromatic heterocycles. The molecule has 0 atom stereocenters. The molecule has 290 valence electrons. The summed E-state index contributed by atoms with van der Waals surface area (Å²) in [6.07, 6.45) is 0. The van der Waals surface area contributed by atoms with Gasteiger partial charge in [-0.05, 0) is 135 Å². The van der Waals surface area contributed by atoms with E-state index in [0.717, 1.165) is 17.1 Å². The topological polar surface area (TPSA) is 3.24 Å². The lowest BCUT2D eigenvalue weighted by atomic mass is 9.82. The van der Waals surface area contributed by atoms with Crippen molar-refractivity contribution in [1.29, 1.82) is 0 Å². The van der Waals surface area contributed by atoms with Crippen molar-refractivity contribution < 1.29 is 0 Å². The molecule has 2 aliphatic carbocycles. The first-order valence-corrected chi connectivity index (χ1v) is 21.6. The Morgan fingerprint density at radius 3 is 0.918 bits per heavy atom. The number of benzene rings is 9. The van der Waals surface area contributed by atoms with Crippen LogP contribution in [0.3, 0.4) is 0 Å². The van der Waals surface area contributed by atoms with Crippen LogP contribution < -0.4 is 4.90 Å². The molecule has 0 heterocycles. The van der Waals surface area contributed by atoms with Gasteiger partial charge < -0.3 is 4.90 Å². The van der Waals surface area contributed by atoms with Crippen molar-refractivity contribution >= 4 is 70.9 Å². The molecule has 2 aliphatic rings. The fraction of sp³-hybridized carbons (Fsp3) is 0.100. The number of nitrogens with zero attached hydrogens (tertiary/aromatic N) is 1. The first kappa shape index (κ1) is 35.7. The van der Waals surface area contributed by atoms with Crippen molar-refractivity contribution in [2.75, 3.05) is 4.90 Å². The summed E-state index contributed by atoms with van der Waals surface area (Å²) in [5.41, 5.74) is 14.0. The predicted molar refractivity (Wildman–Crippen MR) is 261 cm³/mol. The Morgan fingerprint density at radius 1 is 0.246 bits per heavy atom. The van der Waals surface area contributed by atoms with Crippen molar-refractivity contribution in [1.82, 2.24) is 0 Å². The van der Waals surface area contributed by atoms with Gasteiger partial charge in [-0.15, -0.1) is 0 Å². The predicted octanol–water partition coefficient (Wildman–Crippen LogP) is 16.7. The number of fused-ring (bicyclic) bond motifs is 16. The summed E-state index contributed by atoms with van der Waals surface area (Å²) >= 11 is 0. The van der Waals surface area contributed by atoms with E-state index in [-0.39, 0.29) is 10.8 Å². The van der Waals surface area contributed by atoms with Crippen LogP contribution >= 0.6 is 0 Å². The average molecular weight is 780 g/mol. The first-order chi connectivity index (χ1) is 29.8. The highest BCUT2D eigenvalue weighted by Gasteiger charge is 2.37. The standard InChI is InChI=1S/C60H45N/c1-59(2)55-27-15-13-25-50(55)52-33-30-39(36-57(52)59)61(40-31-34-53-51-26-14-16-28-56(51)60(3,4)58(53)37-40)38-29-32-49-47-23-10-9-21-45(47)43-19-6-5-17-41(43)42-18-7-8-20-44(42)46-22-11-12-24-48(46)54(49)35-38/h5-37H,1-4H3. The van der Waals surface area contributed by atoms with Crippen LogP contribution in [0.4, 0.5) is 17.1 Å². The molecule has 1 heteroatoms. The molecule has 0 N–H and O–H groups in total. The van der Waals surface area contributed by atoms with Crippen LogP contribution in [0, 0.1) is 0 Å². The average Bonchev–Trinajstić information content (AvgIpc) is 3.68. The molecule has 0 aliphatic heterocycles. The third-order valence-corrected chi connectivity index (χ3v) is 14.1. The molecule has 0 bridgehead atoms. The highest BCUT2D eigenvalue weighted by molar-refractivity contribution is 6.26. The van der Waals surface area contributed by atoms with Gasteiger partial charge in [-0.2, -0.15) is 0 Å². The summed E-state index contributed by atoms with van der Waals surface area (Å²) in [4.78, 5) is 2.51. The van der Waals surface area contributed by atoms with E-state index in [9.17, 15) is 0 Å². The third-order valence-electron chi connectivity index (χ3n) is 14.1. The smallest absolute Gasteiger partial charge is 0.0468 e. The zero-order valence-electron chi connectivity index (χ0n) is 35.0. The summed E-state index contributed by atoms with van der Waals surface area (Å²) in [7, 11) is 0. The largest absolute Gasteiger partial charge is 0.310 e. The lowest BCUT2D eigenvalue weighted by Crippen LogP contribution is -2.18. The van der Waals surface area contributed by atoms with Gasteiger partial charge in [-0.3, -0.25) is 0 Å². The van der Waals surface area contributed by atoms with E-state index in [0.29, 0.717) is 0 Å². The van der Waals surface area contributed by atoms with Crippen LogP contribution in [-0.4, -0.2) is 0 Å². The normalized spacial score (nSPS) is 14.2. The van der Waals surface area contributed by atoms with E-state index < -0.39 is 0 Å². The van der Waals surface area contributed by atoms with E-state index in [1.165, 1.54) is 98.4 Å². The maximum absolute atomic E-state index is 2.51. The fourth-order valence-electron chi connectivity index (χ4n) is 11.1. The molecule has 0 saturated heterocycles. The molecular formula is C60H45N. The van der Waals surface area contributed by atoms with Gasteiger partial charge in [0.05, 0.1) is 0 Å². The van der Waals surface area contributed by atoms with Crippen LogP contribution in [0.2, 0.25) is 0 Å². The third kappa shape index (κ3) is 5.20. The zero-order chi connectivity index (χ0) is 41.0. The zero-order valence-corrected chi connectivity index (χ0v) is 35.0. The van der Waals surface area contributed by atoms with Gasteiger partial charge in [-0.1, -0.05) is 191 Å². The van der Waals surface area contributed by atoms with Gasteiger partial charge in [0, 0.05) is 27.9 Å². The quantitative estimate of drug-likeness (QED) is 0.173. The summed E-state index contributed by atoms with van der Waals surface area (Å²) in [5.74, 6) is 0. The molecule has 0 spiro atoms. The van der Waals surface area contributed by atoms with Crippen LogP contribution in [-0.2, 0) is 10.8 Å². The lowest BCUT2D eigenvalue weighted by molar-refractivity contribution is 0.660. The molecule has 0 saturated carbocycles. The Balaban J connectivity index is 1.20. The number of hydrogen-bond acceptors (Lipinski definition) is 1. The Kier molecular flexibility index (Phi) is 7.69. The van der Waals surface area contributed by atoms with Gasteiger partial charge in [0.1, 0.15) is 0 Å². The van der Waals surface area contributed by atoms with E-state index >= 15 is 0 Å². The minimum atomic E-state index is -0.135. The van der Waals surface area contributed by atoms with E-state index in [2.05, 4.69) is 233 Å². The minimum absolute atomic E-state index is 0.135. The second kappa shape index (κ2) is 13.1. The molecule has 10 aromatic rings. The first-order valence-electron chi connectivity index (χ1n) is 21.6. The Hall–Kier alpha value is -7.22. The molecule has 1 nitrogen and oxygen atoms in total. The molecular weight excluding hydrogens is 735 g/mol. The second-order valence-electron chi connectivity index (χ2n) is 18.0. The van der Waals surface area contributed by atoms with Gasteiger partial charge in [0.25, 0.3) is 0 Å². The molecule has 61 heavy (non-hydrogen) atoms. The highest BCUT2D eigenvalue weighted by atomic mass is 15.1. The number of anilines is 3. The molecule has 0 fully saturated rings. The fourth-order valence-corrected chi connectivity index (χ4v) is 11.1. The van der Waals surface area contributed by atoms with Gasteiger partial charge >= 0.3 is 0 Å². The Labute approximate surface area is 357 Å². The van der Waals surface area contributed by atoms with Crippen LogP contribution in [0.15, 0.2) is 200 Å². The summed E-state index contributed by atoms with van der Waals surface area (Å²) < 4.78 is 0.